The lowest BCUT2D eigenvalue weighted by Crippen LogP contribution is -2.20. The molecule has 0 saturated heterocycles. The van der Waals surface area contributed by atoms with Crippen molar-refractivity contribution in [2.45, 2.75) is 12.3 Å². The summed E-state index contributed by atoms with van der Waals surface area (Å²) in [4.78, 5) is 15.7. The highest BCUT2D eigenvalue weighted by Gasteiger charge is 2.12. The van der Waals surface area contributed by atoms with Gasteiger partial charge in [-0.1, -0.05) is 29.3 Å². The third-order valence-corrected chi connectivity index (χ3v) is 4.01. The number of nitrogens with zero attached hydrogens (tertiary/aromatic N) is 1. The molecule has 0 radical (unpaired) electrons. The molecular formula is C12H9Cl3N2OS. The Labute approximate surface area is 129 Å². The van der Waals surface area contributed by atoms with E-state index in [1.807, 2.05) is 11.4 Å². The number of hydrogen-bond acceptors (Lipinski definition) is 3. The van der Waals surface area contributed by atoms with E-state index in [0.717, 1.165) is 11.3 Å². The highest BCUT2D eigenvalue weighted by atomic mass is 35.5. The molecule has 1 aromatic carbocycles. The van der Waals surface area contributed by atoms with E-state index >= 15 is 0 Å². The van der Waals surface area contributed by atoms with Gasteiger partial charge in [-0.25, -0.2) is 4.98 Å². The monoisotopic (exact) mass is 334 g/mol. The molecule has 1 aromatic heterocycles. The zero-order valence-corrected chi connectivity index (χ0v) is 12.9. The van der Waals surface area contributed by atoms with E-state index in [9.17, 15) is 4.79 Å². The number of carbonyl (C=O) groups excluding carboxylic acids is 1. The molecule has 100 valence electrons. The molecule has 2 aromatic rings. The van der Waals surface area contributed by atoms with Crippen molar-refractivity contribution < 1.29 is 4.79 Å². The molecule has 19 heavy (non-hydrogen) atoms. The minimum absolute atomic E-state index is 0.281. The molecule has 0 spiro atoms. The van der Waals surface area contributed by atoms with E-state index in [4.69, 9.17) is 34.8 Å². The van der Waals surface area contributed by atoms with Gasteiger partial charge in [0.25, 0.3) is 0 Å². The van der Waals surface area contributed by atoms with Gasteiger partial charge in [-0.2, -0.15) is 0 Å². The number of anilines is 1. The zero-order valence-electron chi connectivity index (χ0n) is 9.78. The van der Waals surface area contributed by atoms with Crippen LogP contribution in [0, 0.1) is 0 Å². The minimum Gasteiger partial charge on any atom is -0.301 e. The number of aromatic nitrogens is 1. The Hall–Kier alpha value is -0.810. The molecule has 2 rings (SSSR count). The first-order valence-corrected chi connectivity index (χ1v) is 7.40. The molecule has 0 unspecified atom stereocenters. The predicted molar refractivity (Wildman–Crippen MR) is 81.5 cm³/mol. The zero-order chi connectivity index (χ0) is 14.0. The fraction of sp³-hybridized carbons (Fsp3) is 0.167. The number of halogens is 3. The maximum atomic E-state index is 11.4. The van der Waals surface area contributed by atoms with Crippen molar-refractivity contribution in [3.05, 3.63) is 33.6 Å². The van der Waals surface area contributed by atoms with Gasteiger partial charge >= 0.3 is 0 Å². The Bertz CT molecular complexity index is 613. The van der Waals surface area contributed by atoms with Crippen molar-refractivity contribution in [2.24, 2.45) is 0 Å². The first-order valence-electron chi connectivity index (χ1n) is 5.33. The van der Waals surface area contributed by atoms with Gasteiger partial charge in [0.2, 0.25) is 5.91 Å². The van der Waals surface area contributed by atoms with Gasteiger partial charge in [-0.3, -0.25) is 4.79 Å². The molecule has 1 atom stereocenters. The van der Waals surface area contributed by atoms with E-state index in [1.54, 1.807) is 19.1 Å². The van der Waals surface area contributed by atoms with Crippen molar-refractivity contribution in [2.75, 3.05) is 5.32 Å². The van der Waals surface area contributed by atoms with Gasteiger partial charge in [0.15, 0.2) is 5.13 Å². The van der Waals surface area contributed by atoms with E-state index in [-0.39, 0.29) is 5.91 Å². The summed E-state index contributed by atoms with van der Waals surface area (Å²) in [5, 5.41) is 5.32. The molecule has 0 aliphatic carbocycles. The normalized spacial score (nSPS) is 12.2. The van der Waals surface area contributed by atoms with Crippen molar-refractivity contribution in [3.8, 4) is 11.3 Å². The number of rotatable bonds is 3. The molecule has 0 aliphatic rings. The molecular weight excluding hydrogens is 327 g/mol. The Morgan fingerprint density at radius 1 is 1.37 bits per heavy atom. The first-order chi connectivity index (χ1) is 8.97. The van der Waals surface area contributed by atoms with Gasteiger partial charge < -0.3 is 5.32 Å². The van der Waals surface area contributed by atoms with Crippen LogP contribution in [0.25, 0.3) is 11.3 Å². The maximum Gasteiger partial charge on any atom is 0.243 e. The van der Waals surface area contributed by atoms with Crippen LogP contribution in [0.2, 0.25) is 10.0 Å². The minimum atomic E-state index is -0.600. The van der Waals surface area contributed by atoms with Gasteiger partial charge in [0.1, 0.15) is 5.38 Å². The van der Waals surface area contributed by atoms with Crippen LogP contribution < -0.4 is 5.32 Å². The molecule has 1 heterocycles. The second-order valence-electron chi connectivity index (χ2n) is 3.77. The number of amides is 1. The van der Waals surface area contributed by atoms with Crippen LogP contribution in [0.1, 0.15) is 6.92 Å². The van der Waals surface area contributed by atoms with Crippen molar-refractivity contribution in [1.29, 1.82) is 0 Å². The lowest BCUT2D eigenvalue weighted by Gasteiger charge is -2.02. The third kappa shape index (κ3) is 3.60. The number of nitrogens with one attached hydrogen (secondary N) is 1. The van der Waals surface area contributed by atoms with Gasteiger partial charge in [0, 0.05) is 10.9 Å². The summed E-state index contributed by atoms with van der Waals surface area (Å²) in [5.41, 5.74) is 1.56. The molecule has 0 saturated carbocycles. The number of carbonyl (C=O) groups is 1. The Kier molecular flexibility index (Phi) is 4.68. The first kappa shape index (κ1) is 14.6. The van der Waals surface area contributed by atoms with Crippen LogP contribution in [0.15, 0.2) is 23.6 Å². The lowest BCUT2D eigenvalue weighted by molar-refractivity contribution is -0.115. The summed E-state index contributed by atoms with van der Waals surface area (Å²) in [6.45, 7) is 1.60. The van der Waals surface area contributed by atoms with E-state index < -0.39 is 5.38 Å². The second kappa shape index (κ2) is 6.09. The number of benzene rings is 1. The Balaban J connectivity index is 2.21. The summed E-state index contributed by atoms with van der Waals surface area (Å²) >= 11 is 18.8. The van der Waals surface area contributed by atoms with Crippen LogP contribution in [0.4, 0.5) is 5.13 Å². The van der Waals surface area contributed by atoms with Crippen molar-refractivity contribution in [1.82, 2.24) is 4.98 Å². The molecule has 3 nitrogen and oxygen atoms in total. The predicted octanol–water partition coefficient (Wildman–Crippen LogP) is 4.68. The summed E-state index contributed by atoms with van der Waals surface area (Å²) in [5.74, 6) is -0.281. The summed E-state index contributed by atoms with van der Waals surface area (Å²) in [7, 11) is 0. The van der Waals surface area contributed by atoms with Crippen LogP contribution in [0.3, 0.4) is 0 Å². The summed E-state index contributed by atoms with van der Waals surface area (Å²) in [6.07, 6.45) is 0. The van der Waals surface area contributed by atoms with E-state index in [1.165, 1.54) is 11.3 Å². The topological polar surface area (TPSA) is 42.0 Å². The Morgan fingerprint density at radius 3 is 2.74 bits per heavy atom. The van der Waals surface area contributed by atoms with Gasteiger partial charge in [0.05, 0.1) is 15.7 Å². The fourth-order valence-corrected chi connectivity index (χ4v) is 2.40. The average Bonchev–Trinajstić information content (AvgIpc) is 2.81. The van der Waals surface area contributed by atoms with Crippen LogP contribution in [-0.4, -0.2) is 16.3 Å². The molecule has 0 fully saturated rings. The fourth-order valence-electron chi connectivity index (χ4n) is 1.32. The largest absolute Gasteiger partial charge is 0.301 e. The van der Waals surface area contributed by atoms with Crippen LogP contribution in [-0.2, 0) is 4.79 Å². The molecule has 0 aliphatic heterocycles. The number of thiazole rings is 1. The van der Waals surface area contributed by atoms with Crippen molar-refractivity contribution >= 4 is 57.2 Å². The summed E-state index contributed by atoms with van der Waals surface area (Å²) in [6, 6.07) is 5.26. The molecule has 0 bridgehead atoms. The van der Waals surface area contributed by atoms with Crippen molar-refractivity contribution in [3.63, 3.8) is 0 Å². The number of hydrogen-bond donors (Lipinski definition) is 1. The highest BCUT2D eigenvalue weighted by Crippen LogP contribution is 2.30. The Morgan fingerprint density at radius 2 is 2.11 bits per heavy atom. The second-order valence-corrected chi connectivity index (χ2v) is 6.10. The summed E-state index contributed by atoms with van der Waals surface area (Å²) < 4.78 is 0. The van der Waals surface area contributed by atoms with E-state index in [0.29, 0.717) is 15.2 Å². The quantitative estimate of drug-likeness (QED) is 0.827. The molecule has 1 N–H and O–H groups in total. The lowest BCUT2D eigenvalue weighted by atomic mass is 10.2. The maximum absolute atomic E-state index is 11.4. The standard InChI is InChI=1S/C12H9Cl3N2OS/c1-6(13)11(18)17-12-16-10(5-19-12)7-2-3-8(14)9(15)4-7/h2-6H,1H3,(H,16,17,18)/t6-/m0/s1. The number of alkyl halides is 1. The molecule has 7 heteroatoms. The van der Waals surface area contributed by atoms with Crippen LogP contribution >= 0.6 is 46.1 Å². The van der Waals surface area contributed by atoms with Gasteiger partial charge in [-0.05, 0) is 19.1 Å². The van der Waals surface area contributed by atoms with Gasteiger partial charge in [-0.15, -0.1) is 22.9 Å². The van der Waals surface area contributed by atoms with E-state index in [2.05, 4.69) is 10.3 Å². The van der Waals surface area contributed by atoms with Crippen LogP contribution in [0.5, 0.6) is 0 Å². The average molecular weight is 336 g/mol. The highest BCUT2D eigenvalue weighted by molar-refractivity contribution is 7.14. The third-order valence-electron chi connectivity index (χ3n) is 2.31. The molecule has 1 amide bonds. The smallest absolute Gasteiger partial charge is 0.243 e. The SMILES string of the molecule is C[C@H](Cl)C(=O)Nc1nc(-c2ccc(Cl)c(Cl)c2)cs1.